The second-order valence-corrected chi connectivity index (χ2v) is 10.2. The van der Waals surface area contributed by atoms with E-state index in [1.54, 1.807) is 27.0 Å². The average Bonchev–Trinajstić information content (AvgIpc) is 3.74. The van der Waals surface area contributed by atoms with E-state index in [1.807, 2.05) is 42.5 Å². The minimum Gasteiger partial charge on any atom is -0.445 e. The smallest absolute Gasteiger partial charge is 0.408 e. The molecule has 2 saturated carbocycles. The van der Waals surface area contributed by atoms with Gasteiger partial charge in [-0.25, -0.2) is 9.59 Å². The second-order valence-electron chi connectivity index (χ2n) is 10.2. The number of amides is 3. The fourth-order valence-electron chi connectivity index (χ4n) is 3.73. The highest BCUT2D eigenvalue weighted by Crippen LogP contribution is 2.46. The van der Waals surface area contributed by atoms with Crippen molar-refractivity contribution >= 4 is 18.1 Å². The molecular formula is C26H32N4O5. The van der Waals surface area contributed by atoms with Crippen LogP contribution in [0.25, 0.3) is 0 Å². The highest BCUT2D eigenvalue weighted by molar-refractivity contribution is 5.93. The van der Waals surface area contributed by atoms with Gasteiger partial charge in [0.15, 0.2) is 0 Å². The number of carbonyl (C=O) groups excluding carboxylic acids is 3. The molecule has 3 amide bonds. The van der Waals surface area contributed by atoms with Gasteiger partial charge in [0.05, 0.1) is 11.2 Å². The molecule has 0 spiro atoms. The molecular weight excluding hydrogens is 448 g/mol. The molecule has 3 N–H and O–H groups in total. The zero-order valence-corrected chi connectivity index (χ0v) is 20.3. The van der Waals surface area contributed by atoms with Crippen molar-refractivity contribution in [3.63, 3.8) is 0 Å². The van der Waals surface area contributed by atoms with E-state index in [4.69, 9.17) is 9.47 Å². The molecule has 2 aliphatic rings. The lowest BCUT2D eigenvalue weighted by Gasteiger charge is -2.23. The van der Waals surface area contributed by atoms with Crippen molar-refractivity contribution in [2.75, 3.05) is 0 Å². The van der Waals surface area contributed by atoms with E-state index in [2.05, 4.69) is 20.9 Å². The predicted octanol–water partition coefficient (Wildman–Crippen LogP) is 3.67. The quantitative estimate of drug-likeness (QED) is 0.531. The highest BCUT2D eigenvalue weighted by atomic mass is 16.6. The maximum absolute atomic E-state index is 13.1. The summed E-state index contributed by atoms with van der Waals surface area (Å²) in [4.78, 5) is 41.9. The minimum atomic E-state index is -0.945. The van der Waals surface area contributed by atoms with Crippen LogP contribution in [0.15, 0.2) is 48.7 Å². The Kier molecular flexibility index (Phi) is 6.69. The zero-order valence-electron chi connectivity index (χ0n) is 20.3. The van der Waals surface area contributed by atoms with E-state index in [0.29, 0.717) is 12.8 Å². The predicted molar refractivity (Wildman–Crippen MR) is 128 cm³/mol. The summed E-state index contributed by atoms with van der Waals surface area (Å²) in [5.74, 6) is -0.231. The Morgan fingerprint density at radius 3 is 2.29 bits per heavy atom. The van der Waals surface area contributed by atoms with Crippen molar-refractivity contribution in [3.8, 4) is 0 Å². The average molecular weight is 481 g/mol. The van der Waals surface area contributed by atoms with Crippen molar-refractivity contribution in [2.45, 2.75) is 76.3 Å². The van der Waals surface area contributed by atoms with Gasteiger partial charge in [0, 0.05) is 12.7 Å². The fraction of sp³-hybridized carbons (Fsp3) is 0.462. The van der Waals surface area contributed by atoms with Gasteiger partial charge in [0.25, 0.3) is 0 Å². The van der Waals surface area contributed by atoms with Gasteiger partial charge in [-0.15, -0.1) is 0 Å². The monoisotopic (exact) mass is 480 g/mol. The molecule has 9 nitrogen and oxygen atoms in total. The van der Waals surface area contributed by atoms with E-state index in [0.717, 1.165) is 29.7 Å². The Morgan fingerprint density at radius 1 is 0.943 bits per heavy atom. The lowest BCUT2D eigenvalue weighted by molar-refractivity contribution is -0.125. The Labute approximate surface area is 205 Å². The number of rotatable bonds is 8. The van der Waals surface area contributed by atoms with E-state index < -0.39 is 28.9 Å². The maximum atomic E-state index is 13.1. The van der Waals surface area contributed by atoms with Crippen LogP contribution in [0.5, 0.6) is 0 Å². The summed E-state index contributed by atoms with van der Waals surface area (Å²) in [7, 11) is 0. The van der Waals surface area contributed by atoms with Crippen LogP contribution in [0.2, 0.25) is 0 Å². The third-order valence-electron chi connectivity index (χ3n) is 5.99. The molecule has 0 unspecified atom stereocenters. The molecule has 2 aliphatic carbocycles. The van der Waals surface area contributed by atoms with Crippen molar-refractivity contribution < 1.29 is 23.9 Å². The number of carbonyl (C=O) groups is 3. The summed E-state index contributed by atoms with van der Waals surface area (Å²) < 4.78 is 10.6. The van der Waals surface area contributed by atoms with Gasteiger partial charge in [-0.3, -0.25) is 9.78 Å². The molecule has 1 aromatic carbocycles. The van der Waals surface area contributed by atoms with Gasteiger partial charge < -0.3 is 25.4 Å². The lowest BCUT2D eigenvalue weighted by atomic mass is 10.1. The first-order valence-corrected chi connectivity index (χ1v) is 11.8. The van der Waals surface area contributed by atoms with E-state index in [9.17, 15) is 14.4 Å². The number of benzene rings is 1. The largest absolute Gasteiger partial charge is 0.445 e. The lowest BCUT2D eigenvalue weighted by Crippen LogP contribution is -2.52. The van der Waals surface area contributed by atoms with E-state index in [-0.39, 0.29) is 19.1 Å². The van der Waals surface area contributed by atoms with Crippen LogP contribution in [-0.2, 0) is 33.0 Å². The molecule has 1 heterocycles. The molecule has 0 aliphatic heterocycles. The van der Waals surface area contributed by atoms with Crippen molar-refractivity contribution in [2.24, 2.45) is 0 Å². The SMILES string of the molecule is CC(C)(C)OC(=O)NCc1ccnc(C2(NC(=O)C3(NC(=O)OCc4ccccc4)CC3)CC2)c1. The first kappa shape index (κ1) is 24.5. The van der Waals surface area contributed by atoms with Crippen molar-refractivity contribution in [1.82, 2.24) is 20.9 Å². The Balaban J connectivity index is 1.32. The van der Waals surface area contributed by atoms with Crippen LogP contribution < -0.4 is 16.0 Å². The van der Waals surface area contributed by atoms with Crippen LogP contribution >= 0.6 is 0 Å². The summed E-state index contributed by atoms with van der Waals surface area (Å²) in [6, 6.07) is 13.1. The third-order valence-corrected chi connectivity index (χ3v) is 5.99. The van der Waals surface area contributed by atoms with Gasteiger partial charge in [-0.1, -0.05) is 30.3 Å². The Bertz CT molecular complexity index is 1090. The van der Waals surface area contributed by atoms with Crippen molar-refractivity contribution in [3.05, 3.63) is 65.5 Å². The van der Waals surface area contributed by atoms with Crippen LogP contribution in [-0.4, -0.2) is 34.2 Å². The van der Waals surface area contributed by atoms with Crippen LogP contribution in [0, 0.1) is 0 Å². The molecule has 0 saturated heterocycles. The molecule has 0 atom stereocenters. The van der Waals surface area contributed by atoms with Gasteiger partial charge in [-0.05, 0) is 69.7 Å². The first-order valence-electron chi connectivity index (χ1n) is 11.8. The fourth-order valence-corrected chi connectivity index (χ4v) is 3.73. The summed E-state index contributed by atoms with van der Waals surface area (Å²) in [5.41, 5.74) is 0.378. The number of nitrogens with zero attached hydrogens (tertiary/aromatic N) is 1. The van der Waals surface area contributed by atoms with Crippen LogP contribution in [0.4, 0.5) is 9.59 Å². The topological polar surface area (TPSA) is 119 Å². The number of pyridine rings is 1. The Hall–Kier alpha value is -3.62. The normalized spacial score (nSPS) is 17.0. The maximum Gasteiger partial charge on any atom is 0.408 e. The van der Waals surface area contributed by atoms with E-state index in [1.165, 1.54) is 0 Å². The molecule has 2 aromatic rings. The summed E-state index contributed by atoms with van der Waals surface area (Å²) in [5, 5.41) is 8.59. The number of nitrogens with one attached hydrogen (secondary N) is 3. The van der Waals surface area contributed by atoms with E-state index >= 15 is 0 Å². The summed E-state index contributed by atoms with van der Waals surface area (Å²) in [6.45, 7) is 5.85. The number of hydrogen-bond acceptors (Lipinski definition) is 6. The molecule has 4 rings (SSSR count). The van der Waals surface area contributed by atoms with Gasteiger partial charge in [-0.2, -0.15) is 0 Å². The number of alkyl carbamates (subject to hydrolysis) is 2. The molecule has 0 bridgehead atoms. The molecule has 2 fully saturated rings. The number of ether oxygens (including phenoxy) is 2. The van der Waals surface area contributed by atoms with Gasteiger partial charge >= 0.3 is 12.2 Å². The molecule has 9 heteroatoms. The molecule has 186 valence electrons. The third kappa shape index (κ3) is 6.49. The standard InChI is InChI=1S/C26H32N4O5/c1-24(2,3)35-22(32)28-16-19-9-14-27-20(15-19)25(10-11-25)29-21(31)26(12-13-26)30-23(33)34-17-18-7-5-4-6-8-18/h4-9,14-15H,10-13,16-17H2,1-3H3,(H,28,32)(H,29,31)(H,30,33). The minimum absolute atomic E-state index is 0.141. The highest BCUT2D eigenvalue weighted by Gasteiger charge is 2.56. The van der Waals surface area contributed by atoms with Crippen LogP contribution in [0.1, 0.15) is 63.3 Å². The molecule has 0 radical (unpaired) electrons. The Morgan fingerprint density at radius 2 is 1.66 bits per heavy atom. The van der Waals surface area contributed by atoms with Crippen molar-refractivity contribution in [1.29, 1.82) is 0 Å². The second kappa shape index (κ2) is 9.56. The zero-order chi connectivity index (χ0) is 25.1. The summed E-state index contributed by atoms with van der Waals surface area (Å²) >= 11 is 0. The molecule has 1 aromatic heterocycles. The summed E-state index contributed by atoms with van der Waals surface area (Å²) in [6.07, 6.45) is 3.18. The van der Waals surface area contributed by atoms with Crippen LogP contribution in [0.3, 0.4) is 0 Å². The number of hydrogen-bond donors (Lipinski definition) is 3. The first-order chi connectivity index (χ1) is 16.6. The molecule has 35 heavy (non-hydrogen) atoms. The van der Waals surface area contributed by atoms with Gasteiger partial charge in [0.2, 0.25) is 5.91 Å². The van der Waals surface area contributed by atoms with Gasteiger partial charge in [0.1, 0.15) is 17.7 Å². The number of aromatic nitrogens is 1.